The fraction of sp³-hybridized carbons (Fsp3) is 0.545. The maximum absolute atomic E-state index is 14.7. The molecule has 1 N–H and O–H groups in total. The molecule has 2 aromatic rings. The standard InChI is InChI=1S/C22H31FN6O2.HI/c1-2-24-22(29-8-6-27(7-9-29)17-19-5-12-31-26-19)25-16-18-3-4-21(20(23)15-18)28-10-13-30-14-11-28;/h3-5,12,15H,2,6-11,13-14,16-17H2,1H3,(H,24,25);1H. The van der Waals surface area contributed by atoms with Gasteiger partial charge in [-0.1, -0.05) is 11.2 Å². The number of benzene rings is 1. The predicted molar refractivity (Wildman–Crippen MR) is 133 cm³/mol. The van der Waals surface area contributed by atoms with Crippen molar-refractivity contribution in [2.45, 2.75) is 20.0 Å². The Bertz CT molecular complexity index is 852. The molecule has 0 bridgehead atoms. The third kappa shape index (κ3) is 6.55. The van der Waals surface area contributed by atoms with E-state index in [0.29, 0.717) is 25.4 Å². The number of hydrogen-bond acceptors (Lipinski definition) is 6. The van der Waals surface area contributed by atoms with Gasteiger partial charge in [0.15, 0.2) is 5.96 Å². The molecule has 0 saturated carbocycles. The number of anilines is 1. The van der Waals surface area contributed by atoms with Crippen LogP contribution in [-0.2, 0) is 17.8 Å². The molecule has 32 heavy (non-hydrogen) atoms. The van der Waals surface area contributed by atoms with Gasteiger partial charge in [0, 0.05) is 58.4 Å². The molecule has 0 atom stereocenters. The van der Waals surface area contributed by atoms with Crippen LogP contribution < -0.4 is 10.2 Å². The SMILES string of the molecule is CCNC(=NCc1ccc(N2CCOCC2)c(F)c1)N1CCN(Cc2ccon2)CC1.I. The normalized spacial score (nSPS) is 17.9. The van der Waals surface area contributed by atoms with Gasteiger partial charge in [0.25, 0.3) is 0 Å². The van der Waals surface area contributed by atoms with E-state index < -0.39 is 0 Å². The first-order chi connectivity index (χ1) is 15.2. The number of nitrogens with one attached hydrogen (secondary N) is 1. The summed E-state index contributed by atoms with van der Waals surface area (Å²) in [7, 11) is 0. The van der Waals surface area contributed by atoms with E-state index in [1.807, 2.05) is 23.1 Å². The highest BCUT2D eigenvalue weighted by molar-refractivity contribution is 14.0. The smallest absolute Gasteiger partial charge is 0.194 e. The van der Waals surface area contributed by atoms with Gasteiger partial charge in [0.05, 0.1) is 31.1 Å². The average molecular weight is 558 g/mol. The number of ether oxygens (including phenoxy) is 1. The highest BCUT2D eigenvalue weighted by atomic mass is 127. The van der Waals surface area contributed by atoms with Crippen LogP contribution in [0, 0.1) is 5.82 Å². The Balaban J connectivity index is 0.00000289. The van der Waals surface area contributed by atoms with E-state index >= 15 is 0 Å². The molecule has 8 nitrogen and oxygen atoms in total. The monoisotopic (exact) mass is 558 g/mol. The van der Waals surface area contributed by atoms with Crippen LogP contribution in [0.15, 0.2) is 40.0 Å². The van der Waals surface area contributed by atoms with Crippen molar-refractivity contribution in [3.05, 3.63) is 47.6 Å². The molecule has 2 fully saturated rings. The van der Waals surface area contributed by atoms with Gasteiger partial charge in [-0.2, -0.15) is 0 Å². The Morgan fingerprint density at radius 1 is 1.12 bits per heavy atom. The second kappa shape index (κ2) is 12.4. The average Bonchev–Trinajstić information content (AvgIpc) is 3.31. The van der Waals surface area contributed by atoms with E-state index in [1.54, 1.807) is 12.3 Å². The zero-order valence-corrected chi connectivity index (χ0v) is 20.8. The summed E-state index contributed by atoms with van der Waals surface area (Å²) in [5.41, 5.74) is 2.47. The number of hydrogen-bond donors (Lipinski definition) is 1. The van der Waals surface area contributed by atoms with E-state index in [-0.39, 0.29) is 29.8 Å². The molecule has 2 aliphatic heterocycles. The third-order valence-electron chi connectivity index (χ3n) is 5.66. The number of halogens is 2. The van der Waals surface area contributed by atoms with Crippen LogP contribution in [0.4, 0.5) is 10.1 Å². The summed E-state index contributed by atoms with van der Waals surface area (Å²) in [4.78, 5) is 11.4. The van der Waals surface area contributed by atoms with Gasteiger partial charge >= 0.3 is 0 Å². The molecule has 0 spiro atoms. The quantitative estimate of drug-likeness (QED) is 0.332. The topological polar surface area (TPSA) is 69.4 Å². The highest BCUT2D eigenvalue weighted by Crippen LogP contribution is 2.22. The molecule has 0 aliphatic carbocycles. The lowest BCUT2D eigenvalue weighted by molar-refractivity contribution is 0.122. The molecule has 176 valence electrons. The Morgan fingerprint density at radius 2 is 1.91 bits per heavy atom. The number of nitrogens with zero attached hydrogens (tertiary/aromatic N) is 5. The summed E-state index contributed by atoms with van der Waals surface area (Å²) in [5, 5.41) is 7.37. The van der Waals surface area contributed by atoms with Crippen molar-refractivity contribution in [3.63, 3.8) is 0 Å². The molecule has 10 heteroatoms. The number of morpholine rings is 1. The van der Waals surface area contributed by atoms with Gasteiger partial charge in [-0.25, -0.2) is 9.38 Å². The number of rotatable bonds is 6. The lowest BCUT2D eigenvalue weighted by Crippen LogP contribution is -2.52. The fourth-order valence-electron chi connectivity index (χ4n) is 3.97. The van der Waals surface area contributed by atoms with Crippen LogP contribution in [0.5, 0.6) is 0 Å². The molecule has 3 heterocycles. The maximum Gasteiger partial charge on any atom is 0.194 e. The molecule has 1 aromatic carbocycles. The van der Waals surface area contributed by atoms with E-state index in [1.165, 1.54) is 0 Å². The second-order valence-electron chi connectivity index (χ2n) is 7.81. The predicted octanol–water partition coefficient (Wildman–Crippen LogP) is 2.55. The second-order valence-corrected chi connectivity index (χ2v) is 7.81. The maximum atomic E-state index is 14.7. The van der Waals surface area contributed by atoms with Gasteiger partial charge < -0.3 is 24.4 Å². The first-order valence-electron chi connectivity index (χ1n) is 11.0. The molecule has 1 aromatic heterocycles. The van der Waals surface area contributed by atoms with Gasteiger partial charge in [-0.05, 0) is 24.6 Å². The Morgan fingerprint density at radius 3 is 2.56 bits per heavy atom. The van der Waals surface area contributed by atoms with Gasteiger partial charge in [0.2, 0.25) is 0 Å². The summed E-state index contributed by atoms with van der Waals surface area (Å²) in [6.07, 6.45) is 1.61. The first kappa shape index (κ1) is 24.7. The number of guanidine groups is 1. The van der Waals surface area contributed by atoms with Crippen molar-refractivity contribution in [2.24, 2.45) is 4.99 Å². The molecule has 4 rings (SSSR count). The summed E-state index contributed by atoms with van der Waals surface area (Å²) < 4.78 is 25.0. The zero-order chi connectivity index (χ0) is 21.5. The van der Waals surface area contributed by atoms with Crippen LogP contribution in [-0.4, -0.2) is 79.9 Å². The summed E-state index contributed by atoms with van der Waals surface area (Å²) in [6.45, 7) is 10.5. The van der Waals surface area contributed by atoms with Crippen molar-refractivity contribution in [1.29, 1.82) is 0 Å². The Labute approximate surface area is 205 Å². The van der Waals surface area contributed by atoms with E-state index in [2.05, 4.69) is 27.2 Å². The van der Waals surface area contributed by atoms with Gasteiger partial charge in [-0.15, -0.1) is 24.0 Å². The van der Waals surface area contributed by atoms with Crippen molar-refractivity contribution >= 4 is 35.6 Å². The summed E-state index contributed by atoms with van der Waals surface area (Å²) >= 11 is 0. The summed E-state index contributed by atoms with van der Waals surface area (Å²) in [6, 6.07) is 7.34. The van der Waals surface area contributed by atoms with Crippen LogP contribution in [0.25, 0.3) is 0 Å². The number of aromatic nitrogens is 1. The number of aliphatic imine (C=N–C) groups is 1. The molecule has 2 aliphatic rings. The Hall–Kier alpha value is -1.92. The lowest BCUT2D eigenvalue weighted by Gasteiger charge is -2.36. The Kier molecular flexibility index (Phi) is 9.54. The fourth-order valence-corrected chi connectivity index (χ4v) is 3.97. The molecule has 0 radical (unpaired) electrons. The van der Waals surface area contributed by atoms with E-state index in [9.17, 15) is 4.39 Å². The van der Waals surface area contributed by atoms with E-state index in [4.69, 9.17) is 14.3 Å². The van der Waals surface area contributed by atoms with Crippen LogP contribution in [0.1, 0.15) is 18.2 Å². The van der Waals surface area contributed by atoms with Crippen molar-refractivity contribution in [3.8, 4) is 0 Å². The van der Waals surface area contributed by atoms with Crippen LogP contribution >= 0.6 is 24.0 Å². The van der Waals surface area contributed by atoms with Crippen molar-refractivity contribution in [1.82, 2.24) is 20.3 Å². The van der Waals surface area contributed by atoms with Crippen molar-refractivity contribution < 1.29 is 13.7 Å². The minimum atomic E-state index is -0.193. The molecule has 0 amide bonds. The van der Waals surface area contributed by atoms with E-state index in [0.717, 1.165) is 69.6 Å². The molecule has 2 saturated heterocycles. The van der Waals surface area contributed by atoms with Crippen molar-refractivity contribution in [2.75, 3.05) is 63.9 Å². The van der Waals surface area contributed by atoms with Gasteiger partial charge in [-0.3, -0.25) is 4.90 Å². The minimum Gasteiger partial charge on any atom is -0.378 e. The number of piperazine rings is 1. The molecule has 0 unspecified atom stereocenters. The largest absolute Gasteiger partial charge is 0.378 e. The lowest BCUT2D eigenvalue weighted by atomic mass is 10.1. The van der Waals surface area contributed by atoms with Crippen LogP contribution in [0.2, 0.25) is 0 Å². The molecular weight excluding hydrogens is 526 g/mol. The molecular formula is C22H32FIN6O2. The minimum absolute atomic E-state index is 0. The van der Waals surface area contributed by atoms with Crippen LogP contribution in [0.3, 0.4) is 0 Å². The zero-order valence-electron chi connectivity index (χ0n) is 18.5. The third-order valence-corrected chi connectivity index (χ3v) is 5.66. The summed E-state index contributed by atoms with van der Waals surface area (Å²) in [5.74, 6) is 0.683. The highest BCUT2D eigenvalue weighted by Gasteiger charge is 2.20. The van der Waals surface area contributed by atoms with Gasteiger partial charge in [0.1, 0.15) is 12.1 Å². The first-order valence-corrected chi connectivity index (χ1v) is 11.0.